The monoisotopic (exact) mass is 408 g/mol. The van der Waals surface area contributed by atoms with E-state index in [9.17, 15) is 14.0 Å². The molecule has 1 saturated heterocycles. The van der Waals surface area contributed by atoms with Gasteiger partial charge in [0.05, 0.1) is 17.4 Å². The average Bonchev–Trinajstić information content (AvgIpc) is 3.44. The molecular weight excluding hydrogens is 387 g/mol. The highest BCUT2D eigenvalue weighted by atomic mass is 35.5. The molecule has 3 heterocycles. The van der Waals surface area contributed by atoms with Crippen LogP contribution < -0.4 is 16.1 Å². The molecule has 28 heavy (non-hydrogen) atoms. The van der Waals surface area contributed by atoms with E-state index in [1.54, 1.807) is 16.4 Å². The summed E-state index contributed by atoms with van der Waals surface area (Å²) in [5, 5.41) is -0.102. The van der Waals surface area contributed by atoms with Gasteiger partial charge in [0.15, 0.2) is 11.6 Å². The second kappa shape index (κ2) is 7.33. The fourth-order valence-electron chi connectivity index (χ4n) is 3.67. The Balaban J connectivity index is 1.85. The minimum absolute atomic E-state index is 0.0513. The number of rotatable bonds is 5. The van der Waals surface area contributed by atoms with Crippen LogP contribution in [0.3, 0.4) is 0 Å². The second-order valence-electron chi connectivity index (χ2n) is 7.31. The van der Waals surface area contributed by atoms with Gasteiger partial charge >= 0.3 is 5.97 Å². The summed E-state index contributed by atoms with van der Waals surface area (Å²) in [7, 11) is 0. The van der Waals surface area contributed by atoms with Crippen molar-refractivity contribution in [1.82, 2.24) is 9.55 Å². The number of esters is 1. The molecule has 1 aliphatic carbocycles. The average molecular weight is 409 g/mol. The van der Waals surface area contributed by atoms with Crippen molar-refractivity contribution in [3.05, 3.63) is 33.9 Å². The summed E-state index contributed by atoms with van der Waals surface area (Å²) in [4.78, 5) is 31.2. The maximum atomic E-state index is 14.9. The minimum atomic E-state index is -0.705. The number of nitrogens with zero attached hydrogens (tertiary/aromatic N) is 3. The number of carbonyl (C=O) groups is 1. The smallest absolute Gasteiger partial charge is 0.343 e. The quantitative estimate of drug-likeness (QED) is 0.601. The molecule has 0 bridgehead atoms. The summed E-state index contributed by atoms with van der Waals surface area (Å²) in [5.74, 6) is -1.11. The largest absolute Gasteiger partial charge is 0.462 e. The number of anilines is 1. The van der Waals surface area contributed by atoms with Crippen LogP contribution in [0.15, 0.2) is 17.1 Å². The van der Waals surface area contributed by atoms with Crippen molar-refractivity contribution in [3.63, 3.8) is 0 Å². The van der Waals surface area contributed by atoms with E-state index in [4.69, 9.17) is 22.1 Å². The number of fused-ring (bicyclic) bond motifs is 1. The minimum Gasteiger partial charge on any atom is -0.462 e. The zero-order chi connectivity index (χ0) is 20.0. The second-order valence-corrected chi connectivity index (χ2v) is 7.87. The zero-order valence-electron chi connectivity index (χ0n) is 15.5. The van der Waals surface area contributed by atoms with E-state index in [1.807, 2.05) is 0 Å². The van der Waals surface area contributed by atoms with Crippen molar-refractivity contribution in [2.75, 3.05) is 31.1 Å². The Morgan fingerprint density at radius 3 is 2.79 bits per heavy atom. The summed E-state index contributed by atoms with van der Waals surface area (Å²) in [6.07, 6.45) is 3.32. The number of hydrogen-bond acceptors (Lipinski definition) is 6. The summed E-state index contributed by atoms with van der Waals surface area (Å²) >= 11 is 6.32. The van der Waals surface area contributed by atoms with Crippen molar-refractivity contribution < 1.29 is 13.9 Å². The highest BCUT2D eigenvalue weighted by Crippen LogP contribution is 2.37. The molecule has 0 unspecified atom stereocenters. The van der Waals surface area contributed by atoms with Gasteiger partial charge < -0.3 is 19.9 Å². The summed E-state index contributed by atoms with van der Waals surface area (Å²) in [6, 6.07) is 1.30. The molecule has 0 spiro atoms. The van der Waals surface area contributed by atoms with Crippen LogP contribution in [-0.4, -0.2) is 47.1 Å². The van der Waals surface area contributed by atoms with Crippen molar-refractivity contribution in [1.29, 1.82) is 0 Å². The number of ether oxygens (including phenoxy) is 1. The number of alkyl halides is 1. The maximum absolute atomic E-state index is 14.9. The van der Waals surface area contributed by atoms with Gasteiger partial charge in [-0.2, -0.15) is 0 Å². The van der Waals surface area contributed by atoms with E-state index < -0.39 is 17.2 Å². The molecule has 150 valence electrons. The van der Waals surface area contributed by atoms with E-state index in [2.05, 4.69) is 4.98 Å². The first-order valence-electron chi connectivity index (χ1n) is 9.46. The third-order valence-corrected chi connectivity index (χ3v) is 5.83. The van der Waals surface area contributed by atoms with Crippen molar-refractivity contribution >= 4 is 34.4 Å². The van der Waals surface area contributed by atoms with Crippen LogP contribution in [0.5, 0.6) is 0 Å². The molecule has 7 nitrogen and oxygen atoms in total. The molecule has 2 aliphatic rings. The van der Waals surface area contributed by atoms with Gasteiger partial charge in [-0.25, -0.2) is 14.2 Å². The number of hydrogen-bond donors (Lipinski definition) is 1. The molecule has 0 radical (unpaired) electrons. The van der Waals surface area contributed by atoms with Crippen LogP contribution in [0.2, 0.25) is 0 Å². The van der Waals surface area contributed by atoms with Gasteiger partial charge in [-0.15, -0.1) is 11.6 Å². The maximum Gasteiger partial charge on any atom is 0.343 e. The van der Waals surface area contributed by atoms with Crippen LogP contribution in [0, 0.1) is 11.7 Å². The van der Waals surface area contributed by atoms with Crippen LogP contribution in [0.4, 0.5) is 10.2 Å². The summed E-state index contributed by atoms with van der Waals surface area (Å²) in [5.41, 5.74) is 5.45. The number of nitrogens with two attached hydrogens (primary N) is 1. The van der Waals surface area contributed by atoms with Crippen molar-refractivity contribution in [2.24, 2.45) is 11.7 Å². The number of pyridine rings is 2. The molecule has 9 heteroatoms. The SMILES string of the molecule is CCOC(=O)c1cn(C2CC2)c2nc(N3C[C@H](CN)[C@H](Cl)C3)c(F)cc2c1=O. The Morgan fingerprint density at radius 2 is 2.18 bits per heavy atom. The van der Waals surface area contributed by atoms with E-state index in [0.717, 1.165) is 12.8 Å². The highest BCUT2D eigenvalue weighted by molar-refractivity contribution is 6.21. The van der Waals surface area contributed by atoms with E-state index in [0.29, 0.717) is 25.3 Å². The first-order chi connectivity index (χ1) is 13.4. The third-order valence-electron chi connectivity index (χ3n) is 5.34. The van der Waals surface area contributed by atoms with Crippen LogP contribution in [-0.2, 0) is 4.74 Å². The number of carbonyl (C=O) groups excluding carboxylic acids is 1. The van der Waals surface area contributed by atoms with Crippen molar-refractivity contribution in [3.8, 4) is 0 Å². The zero-order valence-corrected chi connectivity index (χ0v) is 16.3. The molecule has 2 N–H and O–H groups in total. The fraction of sp³-hybridized carbons (Fsp3) is 0.526. The van der Waals surface area contributed by atoms with Gasteiger partial charge in [0.2, 0.25) is 5.43 Å². The fourth-order valence-corrected chi connectivity index (χ4v) is 4.02. The lowest BCUT2D eigenvalue weighted by Gasteiger charge is -2.20. The van der Waals surface area contributed by atoms with Gasteiger partial charge in [-0.05, 0) is 32.4 Å². The normalized spacial score (nSPS) is 22.1. The molecule has 1 aliphatic heterocycles. The number of aromatic nitrogens is 2. The Labute approximate surface area is 166 Å². The molecule has 2 fully saturated rings. The molecule has 0 aromatic carbocycles. The lowest BCUT2D eigenvalue weighted by Crippen LogP contribution is -2.26. The van der Waals surface area contributed by atoms with Gasteiger partial charge in [0, 0.05) is 31.2 Å². The molecular formula is C19H22ClFN4O3. The van der Waals surface area contributed by atoms with Gasteiger partial charge in [0.25, 0.3) is 0 Å². The molecule has 2 atom stereocenters. The van der Waals surface area contributed by atoms with Crippen LogP contribution in [0.1, 0.15) is 36.2 Å². The predicted octanol–water partition coefficient (Wildman–Crippen LogP) is 2.05. The Bertz CT molecular complexity index is 991. The van der Waals surface area contributed by atoms with Gasteiger partial charge in [-0.3, -0.25) is 4.79 Å². The molecule has 2 aromatic rings. The summed E-state index contributed by atoms with van der Waals surface area (Å²) in [6.45, 7) is 3.18. The predicted molar refractivity (Wildman–Crippen MR) is 105 cm³/mol. The lowest BCUT2D eigenvalue weighted by molar-refractivity contribution is 0.0524. The Hall–Kier alpha value is -2.19. The first kappa shape index (κ1) is 19.1. The highest BCUT2D eigenvalue weighted by Gasteiger charge is 2.34. The summed E-state index contributed by atoms with van der Waals surface area (Å²) < 4.78 is 21.7. The lowest BCUT2D eigenvalue weighted by atomic mass is 10.1. The first-order valence-corrected chi connectivity index (χ1v) is 9.89. The van der Waals surface area contributed by atoms with Crippen LogP contribution >= 0.6 is 11.6 Å². The van der Waals surface area contributed by atoms with Crippen LogP contribution in [0.25, 0.3) is 11.0 Å². The standard InChI is InChI=1S/C19H22ClFN4O3/c1-2-28-19(27)13-8-25(11-3-4-11)17-12(16(13)26)5-15(21)18(23-17)24-7-10(6-22)14(20)9-24/h5,8,10-11,14H,2-4,6-7,9,22H2,1H3/t10-,14+/m0/s1. The van der Waals surface area contributed by atoms with E-state index in [-0.39, 0.29) is 40.7 Å². The molecule has 2 aromatic heterocycles. The topological polar surface area (TPSA) is 90.5 Å². The molecule has 0 amide bonds. The van der Waals surface area contributed by atoms with E-state index in [1.165, 1.54) is 12.3 Å². The Kier molecular flexibility index (Phi) is 5.01. The molecule has 1 saturated carbocycles. The van der Waals surface area contributed by atoms with Gasteiger partial charge in [0.1, 0.15) is 11.2 Å². The van der Waals surface area contributed by atoms with E-state index >= 15 is 0 Å². The van der Waals surface area contributed by atoms with Crippen molar-refractivity contribution in [2.45, 2.75) is 31.2 Å². The third kappa shape index (κ3) is 3.24. The van der Waals surface area contributed by atoms with Gasteiger partial charge in [-0.1, -0.05) is 0 Å². The number of halogens is 2. The molecule has 4 rings (SSSR count). The Morgan fingerprint density at radius 1 is 1.43 bits per heavy atom.